The lowest BCUT2D eigenvalue weighted by molar-refractivity contribution is 0.500. The van der Waals surface area contributed by atoms with Crippen LogP contribution in [0.15, 0.2) is 6.07 Å². The predicted octanol–water partition coefficient (Wildman–Crippen LogP) is 2.32. The van der Waals surface area contributed by atoms with Gasteiger partial charge in [0.2, 0.25) is 0 Å². The number of hydrogen-bond acceptors (Lipinski definition) is 3. The average molecular weight is 205 g/mol. The number of hydrogen-bond donors (Lipinski definition) is 1. The molecule has 1 aromatic rings. The Morgan fingerprint density at radius 3 is 2.53 bits per heavy atom. The number of nitrogens with two attached hydrogens (primary N) is 1. The molecule has 0 aliphatic heterocycles. The van der Waals surface area contributed by atoms with Gasteiger partial charge in [-0.3, -0.25) is 0 Å². The predicted molar refractivity (Wildman–Crippen MR) is 60.5 cm³/mol. The SMILES string of the molecule is Cc1nc(C2CC2)cc(C(N)C(C)C)n1. The Bertz CT molecular complexity index is 356. The van der Waals surface area contributed by atoms with Gasteiger partial charge in [-0.2, -0.15) is 0 Å². The summed E-state index contributed by atoms with van der Waals surface area (Å²) in [5.74, 6) is 1.95. The number of aromatic nitrogens is 2. The molecule has 1 atom stereocenters. The standard InChI is InChI=1S/C12H19N3/c1-7(2)12(13)11-6-10(9-4-5-9)14-8(3)15-11/h6-7,9,12H,4-5,13H2,1-3H3. The van der Waals surface area contributed by atoms with Gasteiger partial charge in [-0.25, -0.2) is 9.97 Å². The monoisotopic (exact) mass is 205 g/mol. The molecule has 2 N–H and O–H groups in total. The third kappa shape index (κ3) is 2.34. The summed E-state index contributed by atoms with van der Waals surface area (Å²) in [5.41, 5.74) is 8.29. The van der Waals surface area contributed by atoms with Crippen LogP contribution in [0.3, 0.4) is 0 Å². The summed E-state index contributed by atoms with van der Waals surface area (Å²) < 4.78 is 0. The maximum Gasteiger partial charge on any atom is 0.125 e. The largest absolute Gasteiger partial charge is 0.322 e. The van der Waals surface area contributed by atoms with Crippen molar-refractivity contribution < 1.29 is 0 Å². The van der Waals surface area contributed by atoms with Gasteiger partial charge in [0.25, 0.3) is 0 Å². The molecule has 82 valence electrons. The van der Waals surface area contributed by atoms with Crippen molar-refractivity contribution in [2.75, 3.05) is 0 Å². The third-order valence-corrected chi connectivity index (χ3v) is 2.93. The van der Waals surface area contributed by atoms with Crippen molar-refractivity contribution in [3.63, 3.8) is 0 Å². The lowest BCUT2D eigenvalue weighted by Crippen LogP contribution is -2.19. The van der Waals surface area contributed by atoms with Crippen molar-refractivity contribution in [3.05, 3.63) is 23.3 Å². The van der Waals surface area contributed by atoms with E-state index in [9.17, 15) is 0 Å². The number of rotatable bonds is 3. The van der Waals surface area contributed by atoms with Crippen LogP contribution in [0.25, 0.3) is 0 Å². The third-order valence-electron chi connectivity index (χ3n) is 2.93. The molecule has 0 spiro atoms. The van der Waals surface area contributed by atoms with Gasteiger partial charge in [0.1, 0.15) is 5.82 Å². The van der Waals surface area contributed by atoms with E-state index in [0.29, 0.717) is 11.8 Å². The first-order valence-electron chi connectivity index (χ1n) is 5.69. The second-order valence-corrected chi connectivity index (χ2v) is 4.81. The van der Waals surface area contributed by atoms with Crippen LogP contribution in [0.1, 0.15) is 55.9 Å². The molecule has 1 fully saturated rings. The van der Waals surface area contributed by atoms with Crippen molar-refractivity contribution in [2.24, 2.45) is 11.7 Å². The lowest BCUT2D eigenvalue weighted by atomic mass is 10.0. The van der Waals surface area contributed by atoms with Crippen LogP contribution < -0.4 is 5.73 Å². The van der Waals surface area contributed by atoms with E-state index >= 15 is 0 Å². The number of aryl methyl sites for hydroxylation is 1. The van der Waals surface area contributed by atoms with E-state index in [4.69, 9.17) is 5.73 Å². The highest BCUT2D eigenvalue weighted by molar-refractivity contribution is 5.21. The fraction of sp³-hybridized carbons (Fsp3) is 0.667. The van der Waals surface area contributed by atoms with E-state index in [2.05, 4.69) is 29.9 Å². The second kappa shape index (κ2) is 3.89. The zero-order valence-corrected chi connectivity index (χ0v) is 9.70. The van der Waals surface area contributed by atoms with Crippen molar-refractivity contribution >= 4 is 0 Å². The Balaban J connectivity index is 2.30. The van der Waals surface area contributed by atoms with Crippen LogP contribution in [0, 0.1) is 12.8 Å². The molecule has 0 amide bonds. The van der Waals surface area contributed by atoms with Gasteiger partial charge in [0.05, 0.1) is 5.69 Å². The van der Waals surface area contributed by atoms with E-state index in [1.807, 2.05) is 6.92 Å². The van der Waals surface area contributed by atoms with Crippen LogP contribution in [-0.4, -0.2) is 9.97 Å². The quantitative estimate of drug-likeness (QED) is 0.824. The van der Waals surface area contributed by atoms with Gasteiger partial charge in [-0.15, -0.1) is 0 Å². The topological polar surface area (TPSA) is 51.8 Å². The molecule has 1 aliphatic rings. The minimum absolute atomic E-state index is 0.0317. The molecule has 1 saturated carbocycles. The fourth-order valence-corrected chi connectivity index (χ4v) is 1.72. The zero-order chi connectivity index (χ0) is 11.0. The Morgan fingerprint density at radius 2 is 2.00 bits per heavy atom. The maximum atomic E-state index is 6.11. The summed E-state index contributed by atoms with van der Waals surface area (Å²) in [7, 11) is 0. The molecular formula is C12H19N3. The summed E-state index contributed by atoms with van der Waals surface area (Å²) >= 11 is 0. The Morgan fingerprint density at radius 1 is 1.33 bits per heavy atom. The molecule has 3 nitrogen and oxygen atoms in total. The normalized spacial score (nSPS) is 18.2. The van der Waals surface area contributed by atoms with Gasteiger partial charge < -0.3 is 5.73 Å². The minimum atomic E-state index is 0.0317. The van der Waals surface area contributed by atoms with Crippen LogP contribution in [-0.2, 0) is 0 Å². The lowest BCUT2D eigenvalue weighted by Gasteiger charge is -2.16. The highest BCUT2D eigenvalue weighted by Gasteiger charge is 2.26. The van der Waals surface area contributed by atoms with Crippen LogP contribution >= 0.6 is 0 Å². The minimum Gasteiger partial charge on any atom is -0.322 e. The van der Waals surface area contributed by atoms with Gasteiger partial charge in [0.15, 0.2) is 0 Å². The molecule has 1 aliphatic carbocycles. The summed E-state index contributed by atoms with van der Waals surface area (Å²) in [5, 5.41) is 0. The number of nitrogens with zero attached hydrogens (tertiary/aromatic N) is 2. The molecular weight excluding hydrogens is 186 g/mol. The van der Waals surface area contributed by atoms with Crippen LogP contribution in [0.2, 0.25) is 0 Å². The smallest absolute Gasteiger partial charge is 0.125 e. The molecule has 0 aromatic carbocycles. The van der Waals surface area contributed by atoms with Crippen molar-refractivity contribution in [1.82, 2.24) is 9.97 Å². The van der Waals surface area contributed by atoms with E-state index in [-0.39, 0.29) is 6.04 Å². The summed E-state index contributed by atoms with van der Waals surface area (Å²) in [4.78, 5) is 8.90. The van der Waals surface area contributed by atoms with Crippen LogP contribution in [0.4, 0.5) is 0 Å². The fourth-order valence-electron chi connectivity index (χ4n) is 1.72. The molecule has 0 radical (unpaired) electrons. The first-order valence-corrected chi connectivity index (χ1v) is 5.69. The summed E-state index contributed by atoms with van der Waals surface area (Å²) in [6, 6.07) is 2.12. The Kier molecular flexibility index (Phi) is 2.74. The van der Waals surface area contributed by atoms with Crippen LogP contribution in [0.5, 0.6) is 0 Å². The first kappa shape index (κ1) is 10.6. The van der Waals surface area contributed by atoms with E-state index < -0.39 is 0 Å². The van der Waals surface area contributed by atoms with Gasteiger partial charge >= 0.3 is 0 Å². The first-order chi connectivity index (χ1) is 7.08. The van der Waals surface area contributed by atoms with E-state index in [0.717, 1.165) is 11.5 Å². The van der Waals surface area contributed by atoms with Crippen molar-refractivity contribution in [3.8, 4) is 0 Å². The average Bonchev–Trinajstić information content (AvgIpc) is 2.98. The maximum absolute atomic E-state index is 6.11. The second-order valence-electron chi connectivity index (χ2n) is 4.81. The van der Waals surface area contributed by atoms with Crippen molar-refractivity contribution in [2.45, 2.75) is 45.6 Å². The Hall–Kier alpha value is -0.960. The molecule has 1 heterocycles. The Labute approximate surface area is 91.1 Å². The van der Waals surface area contributed by atoms with Gasteiger partial charge in [-0.05, 0) is 31.7 Å². The highest BCUT2D eigenvalue weighted by atomic mass is 14.9. The molecule has 15 heavy (non-hydrogen) atoms. The molecule has 3 heteroatoms. The highest BCUT2D eigenvalue weighted by Crippen LogP contribution is 2.39. The summed E-state index contributed by atoms with van der Waals surface area (Å²) in [6.45, 7) is 6.19. The molecule has 0 saturated heterocycles. The van der Waals surface area contributed by atoms with E-state index in [1.165, 1.54) is 18.5 Å². The molecule has 0 bridgehead atoms. The summed E-state index contributed by atoms with van der Waals surface area (Å²) in [6.07, 6.45) is 2.54. The zero-order valence-electron chi connectivity index (χ0n) is 9.70. The van der Waals surface area contributed by atoms with Gasteiger partial charge in [-0.1, -0.05) is 13.8 Å². The molecule has 1 aromatic heterocycles. The van der Waals surface area contributed by atoms with Gasteiger partial charge in [0, 0.05) is 17.7 Å². The molecule has 2 rings (SSSR count). The van der Waals surface area contributed by atoms with E-state index in [1.54, 1.807) is 0 Å². The molecule has 1 unspecified atom stereocenters. The van der Waals surface area contributed by atoms with Crippen molar-refractivity contribution in [1.29, 1.82) is 0 Å².